The Morgan fingerprint density at radius 1 is 0.943 bits per heavy atom. The molecule has 0 saturated heterocycles. The van der Waals surface area contributed by atoms with E-state index in [1.165, 1.54) is 11.8 Å². The second-order valence-electron chi connectivity index (χ2n) is 8.07. The second-order valence-corrected chi connectivity index (χ2v) is 9.42. The molecule has 35 heavy (non-hydrogen) atoms. The van der Waals surface area contributed by atoms with Crippen molar-refractivity contribution in [3.05, 3.63) is 35.9 Å². The molecule has 0 aliphatic carbocycles. The zero-order valence-electron chi connectivity index (χ0n) is 19.9. The number of nitrogens with one attached hydrogen (secondary N) is 3. The highest BCUT2D eigenvalue weighted by Crippen LogP contribution is 2.08. The summed E-state index contributed by atoms with van der Waals surface area (Å²) >= 11 is 5.50. The van der Waals surface area contributed by atoms with E-state index >= 15 is 0 Å². The molecule has 1 rings (SSSR count). The normalized spacial score (nSPS) is 14.3. The molecular weight excluding hydrogens is 490 g/mol. The molecule has 4 unspecified atom stereocenters. The lowest BCUT2D eigenvalue weighted by atomic mass is 10.0. The number of carboxylic acid groups (broad SMARTS) is 1. The fourth-order valence-corrected chi connectivity index (χ4v) is 3.86. The number of thioether (sulfide) groups is 1. The van der Waals surface area contributed by atoms with Crippen LogP contribution in [0.3, 0.4) is 0 Å². The fourth-order valence-electron chi connectivity index (χ4n) is 3.22. The number of aliphatic carboxylic acids is 1. The van der Waals surface area contributed by atoms with Crippen molar-refractivity contribution in [3.8, 4) is 0 Å². The molecule has 0 saturated carbocycles. The van der Waals surface area contributed by atoms with Gasteiger partial charge in [0.25, 0.3) is 0 Å². The maximum absolute atomic E-state index is 13.2. The number of nitrogens with two attached hydrogens (primary N) is 2. The maximum Gasteiger partial charge on any atom is 0.326 e. The van der Waals surface area contributed by atoms with Crippen molar-refractivity contribution in [2.24, 2.45) is 11.5 Å². The summed E-state index contributed by atoms with van der Waals surface area (Å²) in [5.41, 5.74) is 12.1. The van der Waals surface area contributed by atoms with E-state index < -0.39 is 47.9 Å². The van der Waals surface area contributed by atoms with Crippen molar-refractivity contribution in [2.45, 2.75) is 56.3 Å². The number of benzene rings is 1. The molecule has 0 spiro atoms. The van der Waals surface area contributed by atoms with Gasteiger partial charge in [0.2, 0.25) is 17.7 Å². The Morgan fingerprint density at radius 2 is 1.54 bits per heavy atom. The Bertz CT molecular complexity index is 815. The van der Waals surface area contributed by atoms with Crippen LogP contribution in [0.4, 0.5) is 0 Å². The van der Waals surface area contributed by atoms with Gasteiger partial charge in [-0.25, -0.2) is 4.79 Å². The lowest BCUT2D eigenvalue weighted by Crippen LogP contribution is -2.57. The van der Waals surface area contributed by atoms with Crippen molar-refractivity contribution in [1.82, 2.24) is 16.0 Å². The van der Waals surface area contributed by atoms with Crippen LogP contribution in [0, 0.1) is 0 Å². The van der Waals surface area contributed by atoms with Gasteiger partial charge in [0.1, 0.15) is 18.1 Å². The lowest BCUT2D eigenvalue weighted by Gasteiger charge is -2.25. The van der Waals surface area contributed by atoms with E-state index in [1.54, 1.807) is 0 Å². The Morgan fingerprint density at radius 3 is 2.11 bits per heavy atom. The number of unbranched alkanes of at least 4 members (excludes halogenated alkanes) is 1. The first-order valence-corrected chi connectivity index (χ1v) is 13.5. The maximum atomic E-state index is 13.2. The molecule has 0 heterocycles. The van der Waals surface area contributed by atoms with Crippen molar-refractivity contribution in [3.63, 3.8) is 0 Å². The van der Waals surface area contributed by atoms with Crippen LogP contribution in [0.1, 0.15) is 31.2 Å². The molecular formula is C23H37N5O5S2. The second kappa shape index (κ2) is 17.2. The van der Waals surface area contributed by atoms with E-state index in [4.69, 9.17) is 11.5 Å². The van der Waals surface area contributed by atoms with Crippen molar-refractivity contribution >= 4 is 48.1 Å². The van der Waals surface area contributed by atoms with Gasteiger partial charge < -0.3 is 32.5 Å². The standard InChI is InChI=1S/C23H37N5O5S2/c1-35-12-10-18(23(32)33)27-21(30)17(9-5-6-11-24)26-22(31)19(28-20(29)16(25)14-34)13-15-7-3-2-4-8-15/h2-4,7-8,16-19,34H,5-6,9-14,24-25H2,1H3,(H,26,31)(H,27,30)(H,28,29)(H,32,33). The molecule has 0 aromatic heterocycles. The number of hydrogen-bond donors (Lipinski definition) is 7. The number of carbonyl (C=O) groups is 4. The molecule has 0 bridgehead atoms. The third kappa shape index (κ3) is 11.8. The molecule has 8 N–H and O–H groups in total. The van der Waals surface area contributed by atoms with Crippen molar-refractivity contribution in [1.29, 1.82) is 0 Å². The van der Waals surface area contributed by atoms with Crippen LogP contribution < -0.4 is 27.4 Å². The Labute approximate surface area is 216 Å². The molecule has 0 fully saturated rings. The molecule has 10 nitrogen and oxygen atoms in total. The average molecular weight is 528 g/mol. The summed E-state index contributed by atoms with van der Waals surface area (Å²) in [5, 5.41) is 17.3. The highest BCUT2D eigenvalue weighted by atomic mass is 32.2. The quantitative estimate of drug-likeness (QED) is 0.109. The van der Waals surface area contributed by atoms with Crippen molar-refractivity contribution < 1.29 is 24.3 Å². The molecule has 12 heteroatoms. The average Bonchev–Trinajstić information content (AvgIpc) is 2.85. The number of amides is 3. The first kappa shape index (κ1) is 30.8. The van der Waals surface area contributed by atoms with Crippen LogP contribution in [-0.4, -0.2) is 77.3 Å². The molecule has 0 aliphatic rings. The van der Waals surface area contributed by atoms with Gasteiger partial charge in [-0.1, -0.05) is 30.3 Å². The van der Waals surface area contributed by atoms with Gasteiger partial charge in [-0.2, -0.15) is 24.4 Å². The van der Waals surface area contributed by atoms with E-state index in [0.717, 1.165) is 5.56 Å². The minimum absolute atomic E-state index is 0.0995. The smallest absolute Gasteiger partial charge is 0.326 e. The van der Waals surface area contributed by atoms with E-state index in [2.05, 4.69) is 28.6 Å². The molecule has 3 amide bonds. The van der Waals surface area contributed by atoms with Gasteiger partial charge in [0.15, 0.2) is 0 Å². The van der Waals surface area contributed by atoms with Gasteiger partial charge in [-0.3, -0.25) is 14.4 Å². The summed E-state index contributed by atoms with van der Waals surface area (Å²) in [4.78, 5) is 50.2. The molecule has 4 atom stereocenters. The first-order valence-electron chi connectivity index (χ1n) is 11.5. The van der Waals surface area contributed by atoms with E-state index in [-0.39, 0.29) is 25.0 Å². The third-order valence-electron chi connectivity index (χ3n) is 5.25. The largest absolute Gasteiger partial charge is 0.480 e. The van der Waals surface area contributed by atoms with Crippen LogP contribution in [0.25, 0.3) is 0 Å². The van der Waals surface area contributed by atoms with E-state index in [9.17, 15) is 24.3 Å². The highest BCUT2D eigenvalue weighted by Gasteiger charge is 2.30. The Hall–Kier alpha value is -2.28. The number of carbonyl (C=O) groups excluding carboxylic acids is 3. The lowest BCUT2D eigenvalue weighted by molar-refractivity contribution is -0.142. The molecule has 196 valence electrons. The summed E-state index contributed by atoms with van der Waals surface area (Å²) in [5.74, 6) is -2.20. The minimum atomic E-state index is -1.14. The predicted molar refractivity (Wildman–Crippen MR) is 141 cm³/mol. The monoisotopic (exact) mass is 527 g/mol. The zero-order valence-corrected chi connectivity index (χ0v) is 21.7. The minimum Gasteiger partial charge on any atom is -0.480 e. The van der Waals surface area contributed by atoms with Gasteiger partial charge >= 0.3 is 5.97 Å². The zero-order chi connectivity index (χ0) is 26.2. The number of carboxylic acids is 1. The van der Waals surface area contributed by atoms with E-state index in [1.807, 2.05) is 36.6 Å². The predicted octanol–water partition coefficient (Wildman–Crippen LogP) is -0.0927. The summed E-state index contributed by atoms with van der Waals surface area (Å²) in [6, 6.07) is 5.15. The summed E-state index contributed by atoms with van der Waals surface area (Å²) < 4.78 is 0. The molecule has 0 radical (unpaired) electrons. The van der Waals surface area contributed by atoms with Crippen LogP contribution in [0.2, 0.25) is 0 Å². The van der Waals surface area contributed by atoms with Crippen LogP contribution in [-0.2, 0) is 25.6 Å². The number of hydrogen-bond acceptors (Lipinski definition) is 8. The topological polar surface area (TPSA) is 177 Å². The summed E-state index contributed by atoms with van der Waals surface area (Å²) in [6.07, 6.45) is 3.73. The van der Waals surface area contributed by atoms with Gasteiger partial charge in [-0.15, -0.1) is 0 Å². The third-order valence-corrected chi connectivity index (χ3v) is 6.29. The van der Waals surface area contributed by atoms with Crippen LogP contribution >= 0.6 is 24.4 Å². The SMILES string of the molecule is CSCCC(NC(=O)C(CCCCN)NC(=O)C(Cc1ccccc1)NC(=O)C(N)CS)C(=O)O. The highest BCUT2D eigenvalue weighted by molar-refractivity contribution is 7.98. The van der Waals surface area contributed by atoms with Gasteiger partial charge in [0, 0.05) is 12.2 Å². The first-order chi connectivity index (χ1) is 16.7. The van der Waals surface area contributed by atoms with Crippen LogP contribution in [0.5, 0.6) is 0 Å². The van der Waals surface area contributed by atoms with Crippen LogP contribution in [0.15, 0.2) is 30.3 Å². The van der Waals surface area contributed by atoms with Gasteiger partial charge in [0.05, 0.1) is 6.04 Å². The Kier molecular flexibility index (Phi) is 15.1. The number of rotatable bonds is 17. The summed E-state index contributed by atoms with van der Waals surface area (Å²) in [7, 11) is 0. The van der Waals surface area contributed by atoms with Gasteiger partial charge in [-0.05, 0) is 49.8 Å². The van der Waals surface area contributed by atoms with Crippen molar-refractivity contribution in [2.75, 3.05) is 24.3 Å². The number of thiol groups is 1. The molecule has 0 aliphatic heterocycles. The summed E-state index contributed by atoms with van der Waals surface area (Å²) in [6.45, 7) is 0.419. The Balaban J connectivity index is 3.04. The fraction of sp³-hybridized carbons (Fsp3) is 0.565. The molecule has 1 aromatic carbocycles. The molecule has 1 aromatic rings. The van der Waals surface area contributed by atoms with E-state index in [0.29, 0.717) is 25.1 Å².